The van der Waals surface area contributed by atoms with Crippen molar-refractivity contribution in [3.63, 3.8) is 0 Å². The molecule has 1 fully saturated rings. The van der Waals surface area contributed by atoms with E-state index in [0.29, 0.717) is 5.58 Å². The second-order valence-electron chi connectivity index (χ2n) is 3.88. The van der Waals surface area contributed by atoms with Crippen LogP contribution in [0.1, 0.15) is 5.56 Å². The fourth-order valence-electron chi connectivity index (χ4n) is 1.74. The molecule has 0 radical (unpaired) electrons. The van der Waals surface area contributed by atoms with Gasteiger partial charge in [0.15, 0.2) is 0 Å². The number of nitrogens with one attached hydrogen (secondary N) is 1. The van der Waals surface area contributed by atoms with Gasteiger partial charge < -0.3 is 4.42 Å². The van der Waals surface area contributed by atoms with Gasteiger partial charge >= 0.3 is 5.63 Å². The minimum atomic E-state index is -0.543. The predicted octanol–water partition coefficient (Wildman–Crippen LogP) is 2.12. The fourth-order valence-corrected chi connectivity index (χ4v) is 2.41. The van der Waals surface area contributed by atoms with Crippen molar-refractivity contribution >= 4 is 40.0 Å². The first-order valence-electron chi connectivity index (χ1n) is 5.41. The third-order valence-corrected chi connectivity index (χ3v) is 3.41. The molecule has 1 aromatic carbocycles. The Hall–Kier alpha value is -2.34. The maximum absolute atomic E-state index is 11.8. The number of carbonyl (C=O) groups is 2. The number of fused-ring (bicyclic) bond motifs is 1. The minimum Gasteiger partial charge on any atom is -0.422 e. The number of amides is 2. The Kier molecular flexibility index (Phi) is 2.72. The molecule has 0 atom stereocenters. The summed E-state index contributed by atoms with van der Waals surface area (Å²) in [6.45, 7) is 0. The summed E-state index contributed by atoms with van der Waals surface area (Å²) < 4.78 is 5.14. The van der Waals surface area contributed by atoms with E-state index in [2.05, 4.69) is 5.32 Å². The van der Waals surface area contributed by atoms with Crippen LogP contribution >= 0.6 is 11.8 Å². The maximum atomic E-state index is 11.8. The van der Waals surface area contributed by atoms with Gasteiger partial charge in [0, 0.05) is 5.39 Å². The number of benzene rings is 1. The molecule has 2 amide bonds. The lowest BCUT2D eigenvalue weighted by Gasteiger charge is -1.98. The molecular weight excluding hydrogens is 266 g/mol. The summed E-state index contributed by atoms with van der Waals surface area (Å²) >= 11 is 0.764. The van der Waals surface area contributed by atoms with Crippen molar-refractivity contribution in [1.82, 2.24) is 5.32 Å². The molecule has 0 saturated carbocycles. The van der Waals surface area contributed by atoms with Crippen LogP contribution in [0.5, 0.6) is 0 Å². The maximum Gasteiger partial charge on any atom is 0.343 e. The molecule has 3 rings (SSSR count). The molecule has 0 bridgehead atoms. The molecule has 1 aliphatic heterocycles. The molecule has 5 nitrogen and oxygen atoms in total. The van der Waals surface area contributed by atoms with Crippen molar-refractivity contribution < 1.29 is 14.0 Å². The van der Waals surface area contributed by atoms with E-state index in [-0.39, 0.29) is 10.5 Å². The average molecular weight is 273 g/mol. The molecule has 94 valence electrons. The highest BCUT2D eigenvalue weighted by molar-refractivity contribution is 8.18. The number of hydrogen-bond acceptors (Lipinski definition) is 5. The second kappa shape index (κ2) is 4.40. The molecule has 1 aromatic heterocycles. The fraction of sp³-hybridized carbons (Fsp3) is 0. The van der Waals surface area contributed by atoms with Crippen molar-refractivity contribution in [3.05, 3.63) is 51.2 Å². The van der Waals surface area contributed by atoms with E-state index in [1.54, 1.807) is 24.3 Å². The topological polar surface area (TPSA) is 76.4 Å². The third kappa shape index (κ3) is 2.17. The van der Waals surface area contributed by atoms with Gasteiger partial charge in [0.05, 0.1) is 10.5 Å². The highest BCUT2D eigenvalue weighted by atomic mass is 32.2. The summed E-state index contributed by atoms with van der Waals surface area (Å²) in [5.74, 6) is -0.498. The Morgan fingerprint density at radius 2 is 1.95 bits per heavy atom. The van der Waals surface area contributed by atoms with Gasteiger partial charge in [-0.15, -0.1) is 0 Å². The second-order valence-corrected chi connectivity index (χ2v) is 4.89. The molecule has 1 aliphatic rings. The van der Waals surface area contributed by atoms with Gasteiger partial charge in [-0.2, -0.15) is 0 Å². The largest absolute Gasteiger partial charge is 0.422 e. The molecule has 6 heteroatoms. The van der Waals surface area contributed by atoms with Gasteiger partial charge in [-0.1, -0.05) is 18.2 Å². The predicted molar refractivity (Wildman–Crippen MR) is 71.6 cm³/mol. The molecule has 0 spiro atoms. The zero-order valence-electron chi connectivity index (χ0n) is 9.51. The summed E-state index contributed by atoms with van der Waals surface area (Å²) in [5.41, 5.74) is 0.180. The van der Waals surface area contributed by atoms with Crippen LogP contribution in [0.4, 0.5) is 4.79 Å². The number of imide groups is 1. The molecule has 0 unspecified atom stereocenters. The van der Waals surface area contributed by atoms with E-state index in [4.69, 9.17) is 4.42 Å². The van der Waals surface area contributed by atoms with E-state index in [9.17, 15) is 14.4 Å². The zero-order valence-corrected chi connectivity index (χ0v) is 10.3. The zero-order chi connectivity index (χ0) is 13.4. The molecule has 19 heavy (non-hydrogen) atoms. The van der Waals surface area contributed by atoms with Crippen molar-refractivity contribution in [2.45, 2.75) is 0 Å². The molecule has 2 heterocycles. The summed E-state index contributed by atoms with van der Waals surface area (Å²) in [6.07, 6.45) is 1.36. The lowest BCUT2D eigenvalue weighted by molar-refractivity contribution is -0.115. The first kappa shape index (κ1) is 11.7. The van der Waals surface area contributed by atoms with Crippen LogP contribution in [0.2, 0.25) is 0 Å². The summed E-state index contributed by atoms with van der Waals surface area (Å²) in [4.78, 5) is 34.4. The Bertz CT molecular complexity index is 791. The number of carbonyl (C=O) groups excluding carboxylic acids is 2. The number of hydrogen-bond donors (Lipinski definition) is 1. The Morgan fingerprint density at radius 3 is 2.68 bits per heavy atom. The first-order valence-corrected chi connectivity index (χ1v) is 6.23. The van der Waals surface area contributed by atoms with Crippen LogP contribution in [-0.4, -0.2) is 11.1 Å². The third-order valence-electron chi connectivity index (χ3n) is 2.60. The van der Waals surface area contributed by atoms with Crippen LogP contribution in [0, 0.1) is 0 Å². The Balaban J connectivity index is 2.13. The standard InChI is InChI=1S/C13H7NO4S/c15-11-10(19-13(17)14-11)6-8-5-7-3-1-2-4-9(7)18-12(8)16/h1-6H,(H,14,15,17)/b10-6-. The molecule has 1 N–H and O–H groups in total. The molecule has 2 aromatic rings. The van der Waals surface area contributed by atoms with Crippen molar-refractivity contribution in [2.24, 2.45) is 0 Å². The van der Waals surface area contributed by atoms with E-state index in [1.165, 1.54) is 6.08 Å². The van der Waals surface area contributed by atoms with Crippen molar-refractivity contribution in [1.29, 1.82) is 0 Å². The van der Waals surface area contributed by atoms with Crippen molar-refractivity contribution in [3.8, 4) is 0 Å². The van der Waals surface area contributed by atoms with Crippen LogP contribution in [0.3, 0.4) is 0 Å². The smallest absolute Gasteiger partial charge is 0.343 e. The molecule has 1 saturated heterocycles. The number of thioether (sulfide) groups is 1. The Labute approximate surface area is 111 Å². The summed E-state index contributed by atoms with van der Waals surface area (Å²) in [6, 6.07) is 8.70. The number of rotatable bonds is 1. The van der Waals surface area contributed by atoms with Gasteiger partial charge in [0.25, 0.3) is 11.1 Å². The summed E-state index contributed by atoms with van der Waals surface area (Å²) in [7, 11) is 0. The quantitative estimate of drug-likeness (QED) is 0.636. The first-order chi connectivity index (χ1) is 9.13. The van der Waals surface area contributed by atoms with E-state index in [0.717, 1.165) is 17.1 Å². The summed E-state index contributed by atoms with van der Waals surface area (Å²) in [5, 5.41) is 2.44. The minimum absolute atomic E-state index is 0.188. The van der Waals surface area contributed by atoms with Crippen LogP contribution in [-0.2, 0) is 4.79 Å². The molecular formula is C13H7NO4S. The van der Waals surface area contributed by atoms with Gasteiger partial charge in [0.2, 0.25) is 0 Å². The Morgan fingerprint density at radius 1 is 1.16 bits per heavy atom. The van der Waals surface area contributed by atoms with Gasteiger partial charge in [-0.25, -0.2) is 4.79 Å². The van der Waals surface area contributed by atoms with Crippen LogP contribution < -0.4 is 10.9 Å². The lowest BCUT2D eigenvalue weighted by atomic mass is 10.2. The van der Waals surface area contributed by atoms with Crippen molar-refractivity contribution in [2.75, 3.05) is 0 Å². The van der Waals surface area contributed by atoms with Gasteiger partial charge in [-0.05, 0) is 30.0 Å². The van der Waals surface area contributed by atoms with Gasteiger partial charge in [0.1, 0.15) is 5.58 Å². The average Bonchev–Trinajstić information content (AvgIpc) is 2.69. The number of para-hydroxylation sites is 1. The van der Waals surface area contributed by atoms with Crippen LogP contribution in [0.25, 0.3) is 17.0 Å². The lowest BCUT2D eigenvalue weighted by Crippen LogP contribution is -2.18. The molecule has 0 aliphatic carbocycles. The highest BCUT2D eigenvalue weighted by Gasteiger charge is 2.25. The van der Waals surface area contributed by atoms with E-state index >= 15 is 0 Å². The monoisotopic (exact) mass is 273 g/mol. The van der Waals surface area contributed by atoms with E-state index in [1.807, 2.05) is 6.07 Å². The normalized spacial score (nSPS) is 17.2. The van der Waals surface area contributed by atoms with E-state index < -0.39 is 16.8 Å². The van der Waals surface area contributed by atoms with Crippen LogP contribution in [0.15, 0.2) is 44.4 Å². The SMILES string of the molecule is O=C1NC(=O)/C(=C/c2cc3ccccc3oc2=O)S1. The highest BCUT2D eigenvalue weighted by Crippen LogP contribution is 2.25. The van der Waals surface area contributed by atoms with Gasteiger partial charge in [-0.3, -0.25) is 14.9 Å².